The second-order valence-corrected chi connectivity index (χ2v) is 7.72. The summed E-state index contributed by atoms with van der Waals surface area (Å²) in [7, 11) is 1.69. The average molecular weight is 380 g/mol. The van der Waals surface area contributed by atoms with Crippen LogP contribution < -0.4 is 10.2 Å². The fourth-order valence-electron chi connectivity index (χ4n) is 3.75. The summed E-state index contributed by atoms with van der Waals surface area (Å²) in [5.74, 6) is -0.229. The second kappa shape index (κ2) is 8.46. The number of likely N-dealkylation sites (N-methyl/N-ethyl adjacent to an activating group) is 1. The van der Waals surface area contributed by atoms with Gasteiger partial charge in [0, 0.05) is 25.0 Å². The zero-order valence-electron chi connectivity index (χ0n) is 17.2. The maximum atomic E-state index is 12.7. The number of anilines is 2. The summed E-state index contributed by atoms with van der Waals surface area (Å²) in [5, 5.41) is 2.94. The molecule has 2 amide bonds. The predicted molar refractivity (Wildman–Crippen MR) is 114 cm³/mol. The van der Waals surface area contributed by atoms with Crippen molar-refractivity contribution in [3.63, 3.8) is 0 Å². The fraction of sp³-hybridized carbons (Fsp3) is 0.391. The number of nitrogens with zero attached hydrogens (tertiary/aromatic N) is 2. The standard InChI is InChI=1S/C23H29N3O2/c1-16-10-11-20-19(13-16)9-6-12-26(20)15-22(28)25(4)14-21(27)24-23-17(2)7-5-8-18(23)3/h5,7-8,10-11,13H,6,9,12,14-15H2,1-4H3,(H,24,27). The fourth-order valence-corrected chi connectivity index (χ4v) is 3.75. The van der Waals surface area contributed by atoms with Gasteiger partial charge in [0.05, 0.1) is 13.1 Å². The molecule has 1 heterocycles. The van der Waals surface area contributed by atoms with Crippen LogP contribution in [0.2, 0.25) is 0 Å². The number of hydrogen-bond acceptors (Lipinski definition) is 3. The number of hydrogen-bond donors (Lipinski definition) is 1. The molecule has 0 radical (unpaired) electrons. The van der Waals surface area contributed by atoms with E-state index in [1.165, 1.54) is 16.0 Å². The number of rotatable bonds is 5. The number of para-hydroxylation sites is 1. The first-order valence-corrected chi connectivity index (χ1v) is 9.79. The van der Waals surface area contributed by atoms with E-state index in [1.807, 2.05) is 32.0 Å². The predicted octanol–water partition coefficient (Wildman–Crippen LogP) is 3.46. The van der Waals surface area contributed by atoms with Gasteiger partial charge in [0.1, 0.15) is 0 Å². The highest BCUT2D eigenvalue weighted by molar-refractivity contribution is 5.96. The van der Waals surface area contributed by atoms with Crippen LogP contribution in [0.5, 0.6) is 0 Å². The van der Waals surface area contributed by atoms with Gasteiger partial charge in [0.15, 0.2) is 0 Å². The Morgan fingerprint density at radius 3 is 2.54 bits per heavy atom. The van der Waals surface area contributed by atoms with Crippen LogP contribution >= 0.6 is 0 Å². The normalized spacial score (nSPS) is 13.1. The largest absolute Gasteiger partial charge is 0.362 e. The first kappa shape index (κ1) is 19.9. The maximum Gasteiger partial charge on any atom is 0.243 e. The van der Waals surface area contributed by atoms with Gasteiger partial charge in [0.2, 0.25) is 11.8 Å². The van der Waals surface area contributed by atoms with Crippen molar-refractivity contribution in [1.82, 2.24) is 4.90 Å². The highest BCUT2D eigenvalue weighted by Gasteiger charge is 2.22. The lowest BCUT2D eigenvalue weighted by atomic mass is 9.99. The molecule has 0 saturated heterocycles. The van der Waals surface area contributed by atoms with Gasteiger partial charge >= 0.3 is 0 Å². The minimum absolute atomic E-state index is 0.0429. The molecule has 5 heteroatoms. The number of fused-ring (bicyclic) bond motifs is 1. The Labute approximate surface area is 167 Å². The molecule has 0 spiro atoms. The zero-order chi connectivity index (χ0) is 20.3. The SMILES string of the molecule is Cc1ccc2c(c1)CCCN2CC(=O)N(C)CC(=O)Nc1c(C)cccc1C. The summed E-state index contributed by atoms with van der Waals surface area (Å²) in [4.78, 5) is 28.8. The van der Waals surface area contributed by atoms with E-state index in [9.17, 15) is 9.59 Å². The molecule has 0 bridgehead atoms. The Morgan fingerprint density at radius 2 is 1.82 bits per heavy atom. The van der Waals surface area contributed by atoms with Gasteiger partial charge in [-0.25, -0.2) is 0 Å². The lowest BCUT2D eigenvalue weighted by molar-refractivity contribution is -0.132. The van der Waals surface area contributed by atoms with Crippen LogP contribution in [0, 0.1) is 20.8 Å². The van der Waals surface area contributed by atoms with E-state index in [0.29, 0.717) is 6.54 Å². The first-order valence-electron chi connectivity index (χ1n) is 9.79. The van der Waals surface area contributed by atoms with Crippen LogP contribution in [0.25, 0.3) is 0 Å². The topological polar surface area (TPSA) is 52.7 Å². The van der Waals surface area contributed by atoms with Crippen LogP contribution in [0.4, 0.5) is 11.4 Å². The number of amides is 2. The molecule has 1 aliphatic heterocycles. The summed E-state index contributed by atoms with van der Waals surface area (Å²) in [6, 6.07) is 12.3. The summed E-state index contributed by atoms with van der Waals surface area (Å²) < 4.78 is 0. The molecule has 2 aromatic carbocycles. The van der Waals surface area contributed by atoms with Gasteiger partial charge in [-0.1, -0.05) is 35.9 Å². The van der Waals surface area contributed by atoms with Crippen LogP contribution in [-0.4, -0.2) is 43.4 Å². The van der Waals surface area contributed by atoms with Crippen molar-refractivity contribution >= 4 is 23.2 Å². The molecule has 0 aliphatic carbocycles. The summed E-state index contributed by atoms with van der Waals surface area (Å²) >= 11 is 0. The molecule has 1 aliphatic rings. The van der Waals surface area contributed by atoms with Gasteiger partial charge in [-0.05, 0) is 56.4 Å². The van der Waals surface area contributed by atoms with Gasteiger partial charge < -0.3 is 15.1 Å². The smallest absolute Gasteiger partial charge is 0.243 e. The van der Waals surface area contributed by atoms with E-state index in [1.54, 1.807) is 7.05 Å². The third kappa shape index (κ3) is 4.53. The van der Waals surface area contributed by atoms with Crippen molar-refractivity contribution in [1.29, 1.82) is 0 Å². The second-order valence-electron chi connectivity index (χ2n) is 7.72. The Balaban J connectivity index is 1.60. The molecule has 0 saturated carbocycles. The van der Waals surface area contributed by atoms with Crippen molar-refractivity contribution in [3.8, 4) is 0 Å². The summed E-state index contributed by atoms with van der Waals surface area (Å²) in [5.41, 5.74) is 6.54. The molecule has 0 unspecified atom stereocenters. The third-order valence-electron chi connectivity index (χ3n) is 5.33. The average Bonchev–Trinajstić information content (AvgIpc) is 2.64. The maximum absolute atomic E-state index is 12.7. The van der Waals surface area contributed by atoms with E-state index >= 15 is 0 Å². The monoisotopic (exact) mass is 379 g/mol. The molecule has 5 nitrogen and oxygen atoms in total. The number of carbonyl (C=O) groups excluding carboxylic acids is 2. The van der Waals surface area contributed by atoms with Crippen molar-refractivity contribution in [2.45, 2.75) is 33.6 Å². The quantitative estimate of drug-likeness (QED) is 0.866. The number of carbonyl (C=O) groups is 2. The van der Waals surface area contributed by atoms with Gasteiger partial charge in [0.25, 0.3) is 0 Å². The summed E-state index contributed by atoms with van der Waals surface area (Å²) in [6.07, 6.45) is 2.09. The van der Waals surface area contributed by atoms with Crippen molar-refractivity contribution in [2.24, 2.45) is 0 Å². The van der Waals surface area contributed by atoms with E-state index in [-0.39, 0.29) is 18.4 Å². The highest BCUT2D eigenvalue weighted by atomic mass is 16.2. The van der Waals surface area contributed by atoms with Crippen molar-refractivity contribution in [3.05, 3.63) is 58.7 Å². The minimum atomic E-state index is -0.178. The van der Waals surface area contributed by atoms with E-state index in [4.69, 9.17) is 0 Å². The van der Waals surface area contributed by atoms with Crippen molar-refractivity contribution in [2.75, 3.05) is 36.9 Å². The number of nitrogens with one attached hydrogen (secondary N) is 1. The third-order valence-corrected chi connectivity index (χ3v) is 5.33. The number of benzene rings is 2. The van der Waals surface area contributed by atoms with Gasteiger partial charge in [-0.3, -0.25) is 9.59 Å². The highest BCUT2D eigenvalue weighted by Crippen LogP contribution is 2.27. The zero-order valence-corrected chi connectivity index (χ0v) is 17.2. The van der Waals surface area contributed by atoms with Crippen LogP contribution in [0.3, 0.4) is 0 Å². The van der Waals surface area contributed by atoms with Crippen LogP contribution in [0.15, 0.2) is 36.4 Å². The molecule has 0 fully saturated rings. The molecular formula is C23H29N3O2. The molecule has 1 N–H and O–H groups in total. The van der Waals surface area contributed by atoms with E-state index in [2.05, 4.69) is 35.3 Å². The molecule has 28 heavy (non-hydrogen) atoms. The Kier molecular flexibility index (Phi) is 6.02. The summed E-state index contributed by atoms with van der Waals surface area (Å²) in [6.45, 7) is 7.22. The van der Waals surface area contributed by atoms with E-state index < -0.39 is 0 Å². The van der Waals surface area contributed by atoms with E-state index in [0.717, 1.165) is 41.9 Å². The first-order chi connectivity index (χ1) is 13.3. The molecule has 0 aromatic heterocycles. The number of aryl methyl sites for hydroxylation is 4. The Bertz CT molecular complexity index is 871. The molecular weight excluding hydrogens is 350 g/mol. The van der Waals surface area contributed by atoms with Crippen molar-refractivity contribution < 1.29 is 9.59 Å². The molecule has 3 rings (SSSR count). The minimum Gasteiger partial charge on any atom is -0.362 e. The van der Waals surface area contributed by atoms with Gasteiger partial charge in [-0.15, -0.1) is 0 Å². The lowest BCUT2D eigenvalue weighted by Crippen LogP contribution is -2.43. The lowest BCUT2D eigenvalue weighted by Gasteiger charge is -2.32. The van der Waals surface area contributed by atoms with Gasteiger partial charge in [-0.2, -0.15) is 0 Å². The molecule has 2 aromatic rings. The van der Waals surface area contributed by atoms with Crippen LogP contribution in [0.1, 0.15) is 28.7 Å². The molecule has 148 valence electrons. The Morgan fingerprint density at radius 1 is 1.11 bits per heavy atom. The van der Waals surface area contributed by atoms with Crippen LogP contribution in [-0.2, 0) is 16.0 Å². The molecule has 0 atom stereocenters. The Hall–Kier alpha value is -2.82.